The minimum Gasteiger partial charge on any atom is -0.450 e. The molecule has 2 aromatic rings. The highest BCUT2D eigenvalue weighted by molar-refractivity contribution is 7.19. The average Bonchev–Trinajstić information content (AvgIpc) is 3.40. The van der Waals surface area contributed by atoms with E-state index in [2.05, 4.69) is 10.3 Å². The standard InChI is InChI=1S/C21H23F2N3O4S/c1-4-29-21(28)25-20-24-10(2)17(31-20)13-7-14-9-26(11(3)12-5-6-12)18(27)16(14)15(8-13)30-19(22)23/h7-8,11-12,19H,4-6,9H2,1-3H3,(H,24,25,28)/t11-/m0/s1. The predicted molar refractivity (Wildman–Crippen MR) is 112 cm³/mol. The number of aromatic nitrogens is 1. The van der Waals surface area contributed by atoms with Gasteiger partial charge in [0.05, 0.1) is 22.7 Å². The number of rotatable bonds is 7. The molecule has 31 heavy (non-hydrogen) atoms. The fourth-order valence-electron chi connectivity index (χ4n) is 3.89. The molecule has 1 aliphatic carbocycles. The molecule has 0 unspecified atom stereocenters. The number of aryl methyl sites for hydroxylation is 1. The Labute approximate surface area is 182 Å². The summed E-state index contributed by atoms with van der Waals surface area (Å²) in [6, 6.07) is 3.32. The normalized spacial score (nSPS) is 16.5. The molecule has 10 heteroatoms. The number of hydrogen-bond donors (Lipinski definition) is 1. The Bertz CT molecular complexity index is 1020. The van der Waals surface area contributed by atoms with E-state index in [1.54, 1.807) is 18.7 Å². The van der Waals surface area contributed by atoms with Crippen LogP contribution in [0, 0.1) is 12.8 Å². The van der Waals surface area contributed by atoms with E-state index in [0.29, 0.717) is 39.3 Å². The highest BCUT2D eigenvalue weighted by Gasteiger charge is 2.40. The fraction of sp³-hybridized carbons (Fsp3) is 0.476. The zero-order chi connectivity index (χ0) is 22.3. The monoisotopic (exact) mass is 451 g/mol. The molecular weight excluding hydrogens is 428 g/mol. The molecule has 7 nitrogen and oxygen atoms in total. The second kappa shape index (κ2) is 8.41. The lowest BCUT2D eigenvalue weighted by Crippen LogP contribution is -2.34. The summed E-state index contributed by atoms with van der Waals surface area (Å²) in [5.74, 6) is 0.0467. The van der Waals surface area contributed by atoms with Crippen LogP contribution in [0.1, 0.15) is 48.3 Å². The number of hydrogen-bond acceptors (Lipinski definition) is 6. The molecule has 0 spiro atoms. The Kier molecular flexibility index (Phi) is 5.83. The van der Waals surface area contributed by atoms with Crippen LogP contribution in [0.25, 0.3) is 10.4 Å². The summed E-state index contributed by atoms with van der Waals surface area (Å²) in [4.78, 5) is 31.4. The van der Waals surface area contributed by atoms with Crippen LogP contribution in [0.4, 0.5) is 18.7 Å². The zero-order valence-corrected chi connectivity index (χ0v) is 18.2. The molecular formula is C21H23F2N3O4S. The van der Waals surface area contributed by atoms with Gasteiger partial charge in [-0.05, 0) is 62.8 Å². The minimum absolute atomic E-state index is 0.0493. The Morgan fingerprint density at radius 3 is 2.77 bits per heavy atom. The number of nitrogens with zero attached hydrogens (tertiary/aromatic N) is 2. The third-order valence-electron chi connectivity index (χ3n) is 5.55. The van der Waals surface area contributed by atoms with Crippen LogP contribution in [0.2, 0.25) is 0 Å². The van der Waals surface area contributed by atoms with Gasteiger partial charge in [-0.15, -0.1) is 0 Å². The van der Waals surface area contributed by atoms with Crippen LogP contribution in [0.15, 0.2) is 12.1 Å². The van der Waals surface area contributed by atoms with E-state index in [0.717, 1.165) is 12.8 Å². The number of nitrogens with one attached hydrogen (secondary N) is 1. The summed E-state index contributed by atoms with van der Waals surface area (Å²) in [7, 11) is 0. The van der Waals surface area contributed by atoms with Gasteiger partial charge in [0.2, 0.25) is 0 Å². The van der Waals surface area contributed by atoms with E-state index in [9.17, 15) is 18.4 Å². The first-order valence-electron chi connectivity index (χ1n) is 10.1. The lowest BCUT2D eigenvalue weighted by Gasteiger charge is -2.24. The van der Waals surface area contributed by atoms with Crippen molar-refractivity contribution in [1.29, 1.82) is 0 Å². The number of halogens is 2. The smallest absolute Gasteiger partial charge is 0.413 e. The number of ether oxygens (including phenoxy) is 2. The Balaban J connectivity index is 1.69. The number of benzene rings is 1. The van der Waals surface area contributed by atoms with Crippen molar-refractivity contribution in [2.75, 3.05) is 11.9 Å². The van der Waals surface area contributed by atoms with Gasteiger partial charge >= 0.3 is 12.7 Å². The molecule has 166 valence electrons. The van der Waals surface area contributed by atoms with Crippen molar-refractivity contribution in [3.63, 3.8) is 0 Å². The quantitative estimate of drug-likeness (QED) is 0.638. The van der Waals surface area contributed by atoms with Crippen molar-refractivity contribution in [1.82, 2.24) is 9.88 Å². The van der Waals surface area contributed by atoms with E-state index < -0.39 is 12.7 Å². The van der Waals surface area contributed by atoms with Crippen LogP contribution in [0.5, 0.6) is 5.75 Å². The fourth-order valence-corrected chi connectivity index (χ4v) is 4.83. The van der Waals surface area contributed by atoms with E-state index in [-0.39, 0.29) is 29.9 Å². The molecule has 0 saturated heterocycles. The maximum Gasteiger partial charge on any atom is 0.413 e. The number of carbonyl (C=O) groups excluding carboxylic acids is 2. The van der Waals surface area contributed by atoms with Gasteiger partial charge in [-0.2, -0.15) is 8.78 Å². The van der Waals surface area contributed by atoms with E-state index in [1.165, 1.54) is 17.4 Å². The van der Waals surface area contributed by atoms with Gasteiger partial charge in [0.1, 0.15) is 5.75 Å². The molecule has 1 saturated carbocycles. The van der Waals surface area contributed by atoms with Gasteiger partial charge in [0.15, 0.2) is 5.13 Å². The summed E-state index contributed by atoms with van der Waals surface area (Å²) >= 11 is 1.20. The van der Waals surface area contributed by atoms with Crippen LogP contribution >= 0.6 is 11.3 Å². The van der Waals surface area contributed by atoms with Gasteiger partial charge in [-0.25, -0.2) is 9.78 Å². The van der Waals surface area contributed by atoms with Gasteiger partial charge in [-0.3, -0.25) is 10.1 Å². The van der Waals surface area contributed by atoms with Crippen molar-refractivity contribution in [2.45, 2.75) is 52.8 Å². The van der Waals surface area contributed by atoms with Gasteiger partial charge in [0.25, 0.3) is 5.91 Å². The van der Waals surface area contributed by atoms with Crippen LogP contribution in [-0.2, 0) is 11.3 Å². The molecule has 2 aliphatic rings. The highest BCUT2D eigenvalue weighted by Crippen LogP contribution is 2.43. The van der Waals surface area contributed by atoms with E-state index in [1.807, 2.05) is 13.0 Å². The van der Waals surface area contributed by atoms with Gasteiger partial charge in [-0.1, -0.05) is 11.3 Å². The van der Waals surface area contributed by atoms with E-state index in [4.69, 9.17) is 9.47 Å². The van der Waals surface area contributed by atoms with Crippen molar-refractivity contribution >= 4 is 28.5 Å². The molecule has 2 amide bonds. The van der Waals surface area contributed by atoms with Crippen molar-refractivity contribution in [3.05, 3.63) is 29.0 Å². The van der Waals surface area contributed by atoms with E-state index >= 15 is 0 Å². The topological polar surface area (TPSA) is 80.8 Å². The molecule has 4 rings (SSSR count). The lowest BCUT2D eigenvalue weighted by atomic mass is 10.0. The molecule has 0 radical (unpaired) electrons. The van der Waals surface area contributed by atoms with Gasteiger partial charge < -0.3 is 14.4 Å². The van der Waals surface area contributed by atoms with Crippen molar-refractivity contribution < 1.29 is 27.8 Å². The number of carbonyl (C=O) groups is 2. The SMILES string of the molecule is CCOC(=O)Nc1nc(C)c(-c2cc3c(c(OC(F)F)c2)C(=O)N([C@@H](C)C2CC2)C3)s1. The van der Waals surface area contributed by atoms with Crippen LogP contribution in [0.3, 0.4) is 0 Å². The second-order valence-electron chi connectivity index (χ2n) is 7.68. The first-order chi connectivity index (χ1) is 14.8. The summed E-state index contributed by atoms with van der Waals surface area (Å²) in [5.41, 5.74) is 2.07. The summed E-state index contributed by atoms with van der Waals surface area (Å²) in [5, 5.41) is 2.89. The molecule has 1 aliphatic heterocycles. The van der Waals surface area contributed by atoms with Crippen LogP contribution < -0.4 is 10.1 Å². The first-order valence-corrected chi connectivity index (χ1v) is 10.9. The first kappa shape index (κ1) is 21.5. The second-order valence-corrected chi connectivity index (χ2v) is 8.68. The average molecular weight is 451 g/mol. The molecule has 1 N–H and O–H groups in total. The lowest BCUT2D eigenvalue weighted by molar-refractivity contribution is -0.0501. The maximum absolute atomic E-state index is 13.1. The molecule has 1 aromatic carbocycles. The number of alkyl halides is 2. The molecule has 0 bridgehead atoms. The minimum atomic E-state index is -3.05. The van der Waals surface area contributed by atoms with Crippen LogP contribution in [-0.4, -0.2) is 41.1 Å². The zero-order valence-electron chi connectivity index (χ0n) is 17.4. The number of amides is 2. The molecule has 2 heterocycles. The maximum atomic E-state index is 13.1. The predicted octanol–water partition coefficient (Wildman–Crippen LogP) is 5.04. The number of anilines is 1. The highest BCUT2D eigenvalue weighted by atomic mass is 32.1. The molecule has 1 fully saturated rings. The largest absolute Gasteiger partial charge is 0.450 e. The Morgan fingerprint density at radius 2 is 2.13 bits per heavy atom. The third kappa shape index (κ3) is 4.34. The number of thiazole rings is 1. The summed E-state index contributed by atoms with van der Waals surface area (Å²) in [6.45, 7) is 2.98. The summed E-state index contributed by atoms with van der Waals surface area (Å²) < 4.78 is 35.9. The van der Waals surface area contributed by atoms with Crippen molar-refractivity contribution in [3.8, 4) is 16.2 Å². The third-order valence-corrected chi connectivity index (χ3v) is 6.68. The summed E-state index contributed by atoms with van der Waals surface area (Å²) in [6.07, 6.45) is 1.53. The number of fused-ring (bicyclic) bond motifs is 1. The van der Waals surface area contributed by atoms with Gasteiger partial charge in [0, 0.05) is 12.6 Å². The Morgan fingerprint density at radius 1 is 1.39 bits per heavy atom. The molecule has 1 atom stereocenters. The van der Waals surface area contributed by atoms with Crippen molar-refractivity contribution in [2.24, 2.45) is 5.92 Å². The molecule has 1 aromatic heterocycles. The Hall–Kier alpha value is -2.75.